The molecule has 0 saturated carbocycles. The molecular formula is C9H5BrN2S. The van der Waals surface area contributed by atoms with E-state index in [9.17, 15) is 0 Å². The van der Waals surface area contributed by atoms with E-state index in [1.54, 1.807) is 6.07 Å². The van der Waals surface area contributed by atoms with Gasteiger partial charge in [0.25, 0.3) is 0 Å². The number of anilines is 1. The van der Waals surface area contributed by atoms with Crippen LogP contribution in [0.1, 0.15) is 5.56 Å². The fourth-order valence-corrected chi connectivity index (χ4v) is 2.77. The average molecular weight is 253 g/mol. The van der Waals surface area contributed by atoms with Crippen molar-refractivity contribution in [1.82, 2.24) is 0 Å². The first-order chi connectivity index (χ1) is 6.24. The third-order valence-electron chi connectivity index (χ3n) is 1.83. The molecule has 2 nitrogen and oxygen atoms in total. The molecule has 2 rings (SSSR count). The molecule has 64 valence electrons. The molecule has 0 aliphatic rings. The molecule has 0 aliphatic carbocycles. The summed E-state index contributed by atoms with van der Waals surface area (Å²) in [6.45, 7) is 0. The van der Waals surface area contributed by atoms with Crippen molar-refractivity contribution in [3.8, 4) is 6.07 Å². The van der Waals surface area contributed by atoms with Gasteiger partial charge in [-0.1, -0.05) is 0 Å². The number of hydrogen-bond donors (Lipinski definition) is 1. The van der Waals surface area contributed by atoms with E-state index in [1.165, 1.54) is 11.3 Å². The highest BCUT2D eigenvalue weighted by Crippen LogP contribution is 2.35. The molecule has 1 heterocycles. The number of nitrogens with zero attached hydrogens (tertiary/aromatic N) is 1. The maximum Gasteiger partial charge on any atom is 0.101 e. The van der Waals surface area contributed by atoms with E-state index in [1.807, 2.05) is 11.4 Å². The van der Waals surface area contributed by atoms with Gasteiger partial charge in [0.1, 0.15) is 6.07 Å². The van der Waals surface area contributed by atoms with Gasteiger partial charge in [-0.05, 0) is 28.1 Å². The maximum absolute atomic E-state index is 8.83. The van der Waals surface area contributed by atoms with Gasteiger partial charge < -0.3 is 5.73 Å². The van der Waals surface area contributed by atoms with E-state index < -0.39 is 0 Å². The zero-order valence-electron chi connectivity index (χ0n) is 6.54. The molecule has 1 aromatic heterocycles. The minimum absolute atomic E-state index is 0.652. The van der Waals surface area contributed by atoms with Crippen molar-refractivity contribution in [2.45, 2.75) is 0 Å². The van der Waals surface area contributed by atoms with Gasteiger partial charge >= 0.3 is 0 Å². The molecule has 0 aliphatic heterocycles. The molecule has 0 unspecified atom stereocenters. The lowest BCUT2D eigenvalue weighted by Gasteiger charge is -1.98. The first kappa shape index (κ1) is 8.54. The second-order valence-corrected chi connectivity index (χ2v) is 4.34. The molecule has 0 amide bonds. The zero-order valence-corrected chi connectivity index (χ0v) is 8.95. The van der Waals surface area contributed by atoms with Crippen LogP contribution in [0.15, 0.2) is 22.0 Å². The SMILES string of the molecule is N#Cc1csc2c(Br)ccc(N)c12. The van der Waals surface area contributed by atoms with Crippen LogP contribution < -0.4 is 5.73 Å². The van der Waals surface area contributed by atoms with Crippen molar-refractivity contribution in [3.05, 3.63) is 27.5 Å². The lowest BCUT2D eigenvalue weighted by Crippen LogP contribution is -1.86. The summed E-state index contributed by atoms with van der Waals surface area (Å²) in [6, 6.07) is 5.83. The third kappa shape index (κ3) is 1.21. The normalized spacial score (nSPS) is 10.2. The molecule has 0 fully saturated rings. The van der Waals surface area contributed by atoms with Gasteiger partial charge in [-0.25, -0.2) is 0 Å². The van der Waals surface area contributed by atoms with Crippen molar-refractivity contribution in [2.75, 3.05) is 5.73 Å². The minimum atomic E-state index is 0.652. The number of fused-ring (bicyclic) bond motifs is 1. The molecule has 4 heteroatoms. The van der Waals surface area contributed by atoms with Gasteiger partial charge in [-0.3, -0.25) is 0 Å². The summed E-state index contributed by atoms with van der Waals surface area (Å²) in [4.78, 5) is 0. The molecule has 2 N–H and O–H groups in total. The third-order valence-corrected chi connectivity index (χ3v) is 3.76. The number of nitrogens with two attached hydrogens (primary N) is 1. The Balaban J connectivity index is 2.98. The van der Waals surface area contributed by atoms with Crippen LogP contribution in [0.5, 0.6) is 0 Å². The van der Waals surface area contributed by atoms with E-state index in [4.69, 9.17) is 11.0 Å². The number of nitriles is 1. The van der Waals surface area contributed by atoms with Crippen LogP contribution in [0, 0.1) is 11.3 Å². The van der Waals surface area contributed by atoms with Crippen LogP contribution in [0.25, 0.3) is 10.1 Å². The van der Waals surface area contributed by atoms with Crippen molar-refractivity contribution in [1.29, 1.82) is 5.26 Å². The summed E-state index contributed by atoms with van der Waals surface area (Å²) in [7, 11) is 0. The Morgan fingerprint density at radius 2 is 2.23 bits per heavy atom. The number of benzene rings is 1. The fraction of sp³-hybridized carbons (Fsp3) is 0. The zero-order chi connectivity index (χ0) is 9.42. The van der Waals surface area contributed by atoms with Gasteiger partial charge in [0.15, 0.2) is 0 Å². The summed E-state index contributed by atoms with van der Waals surface area (Å²) >= 11 is 4.95. The molecule has 0 atom stereocenters. The van der Waals surface area contributed by atoms with Crippen molar-refractivity contribution >= 4 is 43.0 Å². The van der Waals surface area contributed by atoms with Crippen LogP contribution in [0.4, 0.5) is 5.69 Å². The van der Waals surface area contributed by atoms with Gasteiger partial charge in [0, 0.05) is 20.9 Å². The number of halogens is 1. The number of rotatable bonds is 0. The molecule has 0 radical (unpaired) electrons. The summed E-state index contributed by atoms with van der Waals surface area (Å²) in [5.41, 5.74) is 7.10. The summed E-state index contributed by atoms with van der Waals surface area (Å²) in [6.07, 6.45) is 0. The summed E-state index contributed by atoms with van der Waals surface area (Å²) in [5.74, 6) is 0. The van der Waals surface area contributed by atoms with E-state index >= 15 is 0 Å². The van der Waals surface area contributed by atoms with Crippen LogP contribution in [-0.2, 0) is 0 Å². The highest BCUT2D eigenvalue weighted by atomic mass is 79.9. The van der Waals surface area contributed by atoms with E-state index in [0.29, 0.717) is 11.3 Å². The number of hydrogen-bond acceptors (Lipinski definition) is 3. The predicted octanol–water partition coefficient (Wildman–Crippen LogP) is 3.12. The number of nitrogen functional groups attached to an aromatic ring is 1. The Bertz CT molecular complexity index is 510. The average Bonchev–Trinajstić information content (AvgIpc) is 2.56. The van der Waals surface area contributed by atoms with Crippen LogP contribution in [0.2, 0.25) is 0 Å². The van der Waals surface area contributed by atoms with Crippen LogP contribution >= 0.6 is 27.3 Å². The van der Waals surface area contributed by atoms with Crippen molar-refractivity contribution in [2.24, 2.45) is 0 Å². The Hall–Kier alpha value is -1.05. The molecule has 13 heavy (non-hydrogen) atoms. The van der Waals surface area contributed by atoms with Gasteiger partial charge in [-0.15, -0.1) is 11.3 Å². The molecule has 0 bridgehead atoms. The first-order valence-electron chi connectivity index (χ1n) is 3.59. The maximum atomic E-state index is 8.83. The smallest absolute Gasteiger partial charge is 0.101 e. The molecule has 0 saturated heterocycles. The van der Waals surface area contributed by atoms with Gasteiger partial charge in [0.2, 0.25) is 0 Å². The van der Waals surface area contributed by atoms with E-state index in [0.717, 1.165) is 14.6 Å². The first-order valence-corrected chi connectivity index (χ1v) is 5.26. The molecule has 0 spiro atoms. The lowest BCUT2D eigenvalue weighted by molar-refractivity contribution is 1.52. The number of thiophene rings is 1. The Morgan fingerprint density at radius 1 is 1.46 bits per heavy atom. The Morgan fingerprint density at radius 3 is 2.92 bits per heavy atom. The van der Waals surface area contributed by atoms with Gasteiger partial charge in [-0.2, -0.15) is 5.26 Å². The molecule has 2 aromatic rings. The second kappa shape index (κ2) is 3.02. The lowest BCUT2D eigenvalue weighted by atomic mass is 10.1. The van der Waals surface area contributed by atoms with E-state index in [2.05, 4.69) is 22.0 Å². The fourth-order valence-electron chi connectivity index (χ4n) is 1.22. The van der Waals surface area contributed by atoms with Gasteiger partial charge in [0.05, 0.1) is 10.3 Å². The summed E-state index contributed by atoms with van der Waals surface area (Å²) < 4.78 is 2.03. The highest BCUT2D eigenvalue weighted by molar-refractivity contribution is 9.10. The monoisotopic (exact) mass is 252 g/mol. The molecule has 1 aromatic carbocycles. The standard InChI is InChI=1S/C9H5BrN2S/c10-6-1-2-7(12)8-5(3-11)4-13-9(6)8/h1-2,4H,12H2. The quantitative estimate of drug-likeness (QED) is 0.733. The van der Waals surface area contributed by atoms with E-state index in [-0.39, 0.29) is 0 Å². The topological polar surface area (TPSA) is 49.8 Å². The van der Waals surface area contributed by atoms with Crippen molar-refractivity contribution in [3.63, 3.8) is 0 Å². The Labute approximate surface area is 87.7 Å². The van der Waals surface area contributed by atoms with Crippen LogP contribution in [-0.4, -0.2) is 0 Å². The van der Waals surface area contributed by atoms with Crippen LogP contribution in [0.3, 0.4) is 0 Å². The Kier molecular flexibility index (Phi) is 1.98. The molecular weight excluding hydrogens is 248 g/mol. The summed E-state index contributed by atoms with van der Waals surface area (Å²) in [5, 5.41) is 11.5. The largest absolute Gasteiger partial charge is 0.398 e. The van der Waals surface area contributed by atoms with Crippen molar-refractivity contribution < 1.29 is 0 Å². The second-order valence-electron chi connectivity index (χ2n) is 2.60. The highest BCUT2D eigenvalue weighted by Gasteiger charge is 2.08. The minimum Gasteiger partial charge on any atom is -0.398 e. The predicted molar refractivity (Wildman–Crippen MR) is 58.7 cm³/mol.